The Morgan fingerprint density at radius 1 is 1.50 bits per heavy atom. The fourth-order valence-corrected chi connectivity index (χ4v) is 2.11. The van der Waals surface area contributed by atoms with Gasteiger partial charge in [0.1, 0.15) is 11.3 Å². The molecule has 8 heteroatoms. The molecule has 1 amide bonds. The maximum absolute atomic E-state index is 11.1. The van der Waals surface area contributed by atoms with Crippen molar-refractivity contribution in [2.45, 2.75) is 18.9 Å². The van der Waals surface area contributed by atoms with Crippen LogP contribution < -0.4 is 10.6 Å². The van der Waals surface area contributed by atoms with Gasteiger partial charge in [-0.15, -0.1) is 0 Å². The molecule has 0 radical (unpaired) electrons. The summed E-state index contributed by atoms with van der Waals surface area (Å²) in [4.78, 5) is 32.4. The average Bonchev–Trinajstić information content (AvgIpc) is 2.40. The molecule has 8 nitrogen and oxygen atoms in total. The first-order chi connectivity index (χ1) is 9.49. The van der Waals surface area contributed by atoms with Crippen LogP contribution in [0.25, 0.3) is 0 Å². The number of carboxylic acids is 1. The Balaban J connectivity index is 2.27. The Morgan fingerprint density at radius 2 is 2.25 bits per heavy atom. The van der Waals surface area contributed by atoms with Gasteiger partial charge in [0.2, 0.25) is 5.91 Å². The van der Waals surface area contributed by atoms with Crippen LogP contribution in [0.2, 0.25) is 0 Å². The van der Waals surface area contributed by atoms with Crippen molar-refractivity contribution in [3.05, 3.63) is 33.9 Å². The van der Waals surface area contributed by atoms with Crippen LogP contribution in [0.3, 0.4) is 0 Å². The van der Waals surface area contributed by atoms with E-state index in [-0.39, 0.29) is 23.2 Å². The van der Waals surface area contributed by atoms with Gasteiger partial charge < -0.3 is 15.7 Å². The van der Waals surface area contributed by atoms with Crippen LogP contribution >= 0.6 is 0 Å². The second kappa shape index (κ2) is 5.55. The summed E-state index contributed by atoms with van der Waals surface area (Å²) in [5, 5.41) is 25.6. The van der Waals surface area contributed by atoms with Gasteiger partial charge in [0.15, 0.2) is 0 Å². The van der Waals surface area contributed by atoms with E-state index in [0.29, 0.717) is 19.4 Å². The summed E-state index contributed by atoms with van der Waals surface area (Å²) in [7, 11) is 0. The number of rotatable bonds is 4. The van der Waals surface area contributed by atoms with Crippen molar-refractivity contribution >= 4 is 23.3 Å². The highest BCUT2D eigenvalue weighted by Crippen LogP contribution is 2.29. The molecule has 106 valence electrons. The molecule has 1 unspecified atom stereocenters. The van der Waals surface area contributed by atoms with Gasteiger partial charge in [-0.05, 0) is 18.6 Å². The average molecular weight is 279 g/mol. The molecule has 0 bridgehead atoms. The van der Waals surface area contributed by atoms with Crippen molar-refractivity contribution in [3.8, 4) is 0 Å². The van der Waals surface area contributed by atoms with E-state index >= 15 is 0 Å². The first kappa shape index (κ1) is 13.8. The lowest BCUT2D eigenvalue weighted by Crippen LogP contribution is -2.42. The number of para-hydroxylation sites is 1. The van der Waals surface area contributed by atoms with Crippen molar-refractivity contribution in [1.29, 1.82) is 0 Å². The molecule has 1 fully saturated rings. The lowest BCUT2D eigenvalue weighted by molar-refractivity contribution is -0.384. The summed E-state index contributed by atoms with van der Waals surface area (Å²) >= 11 is 0. The number of aromatic carboxylic acids is 1. The minimum Gasteiger partial charge on any atom is -0.477 e. The first-order valence-electron chi connectivity index (χ1n) is 6.03. The number of carboxylic acid groups (broad SMARTS) is 1. The lowest BCUT2D eigenvalue weighted by atomic mass is 10.1. The minimum atomic E-state index is -1.35. The summed E-state index contributed by atoms with van der Waals surface area (Å²) in [6.07, 6.45) is 0.879. The fraction of sp³-hybridized carbons (Fsp3) is 0.333. The van der Waals surface area contributed by atoms with Crippen LogP contribution in [-0.2, 0) is 4.79 Å². The highest BCUT2D eigenvalue weighted by atomic mass is 16.6. The van der Waals surface area contributed by atoms with Crippen LogP contribution in [0, 0.1) is 10.1 Å². The zero-order chi connectivity index (χ0) is 14.7. The van der Waals surface area contributed by atoms with Gasteiger partial charge in [-0.25, -0.2) is 4.79 Å². The SMILES string of the molecule is O=C1CCC(Nc2cccc(C(=O)O)c2[N+](=O)[O-])CN1. The molecule has 0 aromatic heterocycles. The number of nitrogens with zero attached hydrogens (tertiary/aromatic N) is 1. The predicted octanol–water partition coefficient (Wildman–Crippen LogP) is 0.983. The van der Waals surface area contributed by atoms with E-state index in [9.17, 15) is 19.7 Å². The number of anilines is 1. The van der Waals surface area contributed by atoms with Gasteiger partial charge >= 0.3 is 11.7 Å². The minimum absolute atomic E-state index is 0.0585. The third kappa shape index (κ3) is 2.85. The Bertz CT molecular complexity index is 562. The summed E-state index contributed by atoms with van der Waals surface area (Å²) in [6.45, 7) is 0.354. The topological polar surface area (TPSA) is 122 Å². The molecule has 1 aromatic rings. The number of piperidine rings is 1. The summed E-state index contributed by atoms with van der Waals surface area (Å²) in [5.74, 6) is -1.41. The lowest BCUT2D eigenvalue weighted by Gasteiger charge is -2.24. The van der Waals surface area contributed by atoms with Gasteiger partial charge in [-0.1, -0.05) is 6.07 Å². The zero-order valence-electron chi connectivity index (χ0n) is 10.5. The van der Waals surface area contributed by atoms with Crippen LogP contribution in [0.5, 0.6) is 0 Å². The number of hydrogen-bond donors (Lipinski definition) is 3. The highest BCUT2D eigenvalue weighted by Gasteiger charge is 2.26. The smallest absolute Gasteiger partial charge is 0.342 e. The Morgan fingerprint density at radius 3 is 2.80 bits per heavy atom. The van der Waals surface area contributed by atoms with E-state index in [1.807, 2.05) is 0 Å². The quantitative estimate of drug-likeness (QED) is 0.558. The molecule has 1 saturated heterocycles. The molecule has 1 aliphatic heterocycles. The number of nitro groups is 1. The van der Waals surface area contributed by atoms with Crippen LogP contribution in [0.4, 0.5) is 11.4 Å². The number of nitro benzene ring substituents is 1. The third-order valence-electron chi connectivity index (χ3n) is 3.07. The van der Waals surface area contributed by atoms with E-state index in [1.54, 1.807) is 0 Å². The van der Waals surface area contributed by atoms with Crippen LogP contribution in [-0.4, -0.2) is 34.5 Å². The third-order valence-corrected chi connectivity index (χ3v) is 3.07. The van der Waals surface area contributed by atoms with E-state index < -0.39 is 16.6 Å². The van der Waals surface area contributed by atoms with Crippen molar-refractivity contribution in [2.75, 3.05) is 11.9 Å². The number of benzene rings is 1. The Labute approximate surface area is 113 Å². The Kier molecular flexibility index (Phi) is 3.83. The molecule has 2 rings (SSSR count). The summed E-state index contributed by atoms with van der Waals surface area (Å²) in [5.41, 5.74) is -0.673. The molecule has 0 spiro atoms. The summed E-state index contributed by atoms with van der Waals surface area (Å²) in [6, 6.07) is 3.94. The molecule has 1 aliphatic rings. The highest BCUT2D eigenvalue weighted by molar-refractivity contribution is 5.95. The van der Waals surface area contributed by atoms with Crippen molar-refractivity contribution in [3.63, 3.8) is 0 Å². The standard InChI is InChI=1S/C12H13N3O5/c16-10-5-4-7(6-13-10)14-9-3-1-2-8(12(17)18)11(9)15(19)20/h1-3,7,14H,4-6H2,(H,13,16)(H,17,18). The fourth-order valence-electron chi connectivity index (χ4n) is 2.11. The van der Waals surface area contributed by atoms with E-state index in [0.717, 1.165) is 0 Å². The molecule has 1 aromatic carbocycles. The molecule has 1 heterocycles. The number of hydrogen-bond acceptors (Lipinski definition) is 5. The largest absolute Gasteiger partial charge is 0.477 e. The van der Waals surface area contributed by atoms with Gasteiger partial charge in [0, 0.05) is 19.0 Å². The second-order valence-corrected chi connectivity index (χ2v) is 4.45. The number of nitrogens with one attached hydrogen (secondary N) is 2. The van der Waals surface area contributed by atoms with E-state index in [1.165, 1.54) is 18.2 Å². The number of carbonyl (C=O) groups excluding carboxylic acids is 1. The first-order valence-corrected chi connectivity index (χ1v) is 6.03. The van der Waals surface area contributed by atoms with Gasteiger partial charge in [-0.2, -0.15) is 0 Å². The monoisotopic (exact) mass is 279 g/mol. The van der Waals surface area contributed by atoms with Crippen molar-refractivity contribution < 1.29 is 19.6 Å². The van der Waals surface area contributed by atoms with Crippen LogP contribution in [0.15, 0.2) is 18.2 Å². The number of amides is 1. The van der Waals surface area contributed by atoms with Gasteiger partial charge in [-0.3, -0.25) is 14.9 Å². The molecule has 0 saturated carbocycles. The Hall–Kier alpha value is -2.64. The van der Waals surface area contributed by atoms with Gasteiger partial charge in [0.05, 0.1) is 4.92 Å². The maximum atomic E-state index is 11.1. The normalized spacial score (nSPS) is 18.2. The molecule has 20 heavy (non-hydrogen) atoms. The van der Waals surface area contributed by atoms with E-state index in [2.05, 4.69) is 10.6 Å². The second-order valence-electron chi connectivity index (χ2n) is 4.45. The maximum Gasteiger partial charge on any atom is 0.342 e. The number of carbonyl (C=O) groups is 2. The summed E-state index contributed by atoms with van der Waals surface area (Å²) < 4.78 is 0. The van der Waals surface area contributed by atoms with Gasteiger partial charge in [0.25, 0.3) is 0 Å². The molecule has 3 N–H and O–H groups in total. The molecule has 1 atom stereocenters. The van der Waals surface area contributed by atoms with Crippen molar-refractivity contribution in [2.24, 2.45) is 0 Å². The zero-order valence-corrected chi connectivity index (χ0v) is 10.5. The van der Waals surface area contributed by atoms with Crippen molar-refractivity contribution in [1.82, 2.24) is 5.32 Å². The predicted molar refractivity (Wildman–Crippen MR) is 69.7 cm³/mol. The molecular formula is C12H13N3O5. The van der Waals surface area contributed by atoms with E-state index in [4.69, 9.17) is 5.11 Å². The van der Waals surface area contributed by atoms with Crippen LogP contribution in [0.1, 0.15) is 23.2 Å². The molecule has 0 aliphatic carbocycles. The molecular weight excluding hydrogens is 266 g/mol.